The van der Waals surface area contributed by atoms with Gasteiger partial charge in [-0.15, -0.1) is 24.0 Å². The number of ether oxygens (including phenoxy) is 3. The van der Waals surface area contributed by atoms with Gasteiger partial charge in [0.2, 0.25) is 5.91 Å². The van der Waals surface area contributed by atoms with E-state index in [1.54, 1.807) is 7.11 Å². The summed E-state index contributed by atoms with van der Waals surface area (Å²) in [5.74, 6) is 1.82. The van der Waals surface area contributed by atoms with Crippen LogP contribution in [-0.2, 0) is 9.53 Å². The van der Waals surface area contributed by atoms with E-state index in [1.165, 1.54) is 0 Å². The van der Waals surface area contributed by atoms with Gasteiger partial charge in [0.25, 0.3) is 0 Å². The fourth-order valence-corrected chi connectivity index (χ4v) is 2.55. The number of aliphatic imine (C=N–C) groups is 1. The molecule has 0 spiro atoms. The van der Waals surface area contributed by atoms with Crippen LogP contribution in [0.4, 0.5) is 5.69 Å². The van der Waals surface area contributed by atoms with E-state index >= 15 is 0 Å². The Morgan fingerprint density at radius 2 is 1.93 bits per heavy atom. The van der Waals surface area contributed by atoms with Crippen molar-refractivity contribution in [2.75, 3.05) is 45.3 Å². The molecule has 0 unspecified atom stereocenters. The molecule has 29 heavy (non-hydrogen) atoms. The molecule has 1 aromatic carbocycles. The summed E-state index contributed by atoms with van der Waals surface area (Å²) in [4.78, 5) is 16.5. The number of nitrogens with one attached hydrogen (secondary N) is 3. The molecule has 1 heterocycles. The van der Waals surface area contributed by atoms with E-state index in [0.29, 0.717) is 38.1 Å². The van der Waals surface area contributed by atoms with Crippen molar-refractivity contribution in [1.29, 1.82) is 0 Å². The number of rotatable bonds is 7. The predicted octanol–water partition coefficient (Wildman–Crippen LogP) is 2.77. The third kappa shape index (κ3) is 10.0. The van der Waals surface area contributed by atoms with Crippen LogP contribution in [-0.4, -0.2) is 57.4 Å². The number of carbonyl (C=O) groups excluding carboxylic acids is 1. The van der Waals surface area contributed by atoms with Crippen LogP contribution in [0.5, 0.6) is 11.5 Å². The van der Waals surface area contributed by atoms with Crippen LogP contribution in [0.1, 0.15) is 33.6 Å². The Bertz CT molecular complexity index is 677. The van der Waals surface area contributed by atoms with Gasteiger partial charge in [0, 0.05) is 44.0 Å². The van der Waals surface area contributed by atoms with Gasteiger partial charge in [-0.1, -0.05) is 0 Å². The smallest absolute Gasteiger partial charge is 0.242 e. The monoisotopic (exact) mass is 520 g/mol. The van der Waals surface area contributed by atoms with Crippen molar-refractivity contribution in [1.82, 2.24) is 10.6 Å². The molecule has 1 aliphatic heterocycles. The summed E-state index contributed by atoms with van der Waals surface area (Å²) in [6, 6.07) is 5.65. The lowest BCUT2D eigenvalue weighted by Crippen LogP contribution is -2.42. The molecule has 0 radical (unpaired) electrons. The maximum Gasteiger partial charge on any atom is 0.242 e. The summed E-state index contributed by atoms with van der Waals surface area (Å²) in [5.41, 5.74) is 0.513. The molecular weight excluding hydrogens is 487 g/mol. The first-order valence-electron chi connectivity index (χ1n) is 9.62. The molecule has 3 N–H and O–H groups in total. The highest BCUT2D eigenvalue weighted by atomic mass is 127. The van der Waals surface area contributed by atoms with Crippen LogP contribution < -0.4 is 25.4 Å². The number of methoxy groups -OCH3 is 1. The number of carbonyl (C=O) groups is 1. The van der Waals surface area contributed by atoms with E-state index in [0.717, 1.165) is 24.3 Å². The quantitative estimate of drug-likeness (QED) is 0.222. The Morgan fingerprint density at radius 3 is 2.62 bits per heavy atom. The summed E-state index contributed by atoms with van der Waals surface area (Å²) in [5, 5.41) is 9.35. The van der Waals surface area contributed by atoms with Gasteiger partial charge in [0.15, 0.2) is 17.5 Å². The average molecular weight is 520 g/mol. The zero-order chi connectivity index (χ0) is 20.4. The number of guanidine groups is 1. The number of fused-ring (bicyclic) bond motifs is 1. The van der Waals surface area contributed by atoms with Crippen LogP contribution in [0.25, 0.3) is 0 Å². The number of hydrogen-bond acceptors (Lipinski definition) is 5. The lowest BCUT2D eigenvalue weighted by Gasteiger charge is -2.20. The number of amides is 1. The van der Waals surface area contributed by atoms with Gasteiger partial charge in [-0.25, -0.2) is 4.99 Å². The van der Waals surface area contributed by atoms with Gasteiger partial charge < -0.3 is 30.2 Å². The largest absolute Gasteiger partial charge is 0.490 e. The molecule has 1 aromatic rings. The molecule has 0 saturated carbocycles. The Labute approximate surface area is 190 Å². The molecule has 2 rings (SSSR count). The highest BCUT2D eigenvalue weighted by Crippen LogP contribution is 2.32. The minimum absolute atomic E-state index is 0. The first-order chi connectivity index (χ1) is 13.4. The van der Waals surface area contributed by atoms with Crippen molar-refractivity contribution in [2.45, 2.75) is 39.2 Å². The minimum atomic E-state index is -0.291. The molecule has 0 aliphatic carbocycles. The van der Waals surface area contributed by atoms with E-state index < -0.39 is 0 Å². The second-order valence-corrected chi connectivity index (χ2v) is 7.57. The van der Waals surface area contributed by atoms with Crippen LogP contribution in [0.3, 0.4) is 0 Å². The zero-order valence-corrected chi connectivity index (χ0v) is 20.0. The summed E-state index contributed by atoms with van der Waals surface area (Å²) in [6.07, 6.45) is 1.68. The van der Waals surface area contributed by atoms with Crippen molar-refractivity contribution >= 4 is 41.5 Å². The molecule has 0 fully saturated rings. The second kappa shape index (κ2) is 12.7. The first-order valence-corrected chi connectivity index (χ1v) is 9.62. The number of anilines is 1. The maximum atomic E-state index is 12.1. The van der Waals surface area contributed by atoms with Gasteiger partial charge >= 0.3 is 0 Å². The zero-order valence-electron chi connectivity index (χ0n) is 17.7. The summed E-state index contributed by atoms with van der Waals surface area (Å²) in [6.45, 7) is 8.44. The highest BCUT2D eigenvalue weighted by Gasteiger charge is 2.14. The van der Waals surface area contributed by atoms with E-state index in [-0.39, 0.29) is 42.0 Å². The number of halogens is 1. The number of nitrogens with zero attached hydrogens (tertiary/aromatic N) is 1. The predicted molar refractivity (Wildman–Crippen MR) is 126 cm³/mol. The normalized spacial score (nSPS) is 13.7. The lowest BCUT2D eigenvalue weighted by molar-refractivity contribution is -0.121. The Balaban J connectivity index is 0.00000420. The van der Waals surface area contributed by atoms with Crippen LogP contribution in [0.15, 0.2) is 23.2 Å². The molecule has 8 nitrogen and oxygen atoms in total. The minimum Gasteiger partial charge on any atom is -0.490 e. The Morgan fingerprint density at radius 1 is 1.21 bits per heavy atom. The molecule has 0 aromatic heterocycles. The first kappa shape index (κ1) is 25.3. The van der Waals surface area contributed by atoms with Gasteiger partial charge in [-0.2, -0.15) is 0 Å². The third-order valence-corrected chi connectivity index (χ3v) is 3.72. The van der Waals surface area contributed by atoms with Crippen molar-refractivity contribution in [3.05, 3.63) is 18.2 Å². The van der Waals surface area contributed by atoms with Gasteiger partial charge in [-0.05, 0) is 39.3 Å². The maximum absolute atomic E-state index is 12.1. The van der Waals surface area contributed by atoms with E-state index in [9.17, 15) is 4.79 Å². The molecule has 1 aliphatic rings. The molecule has 0 bridgehead atoms. The fourth-order valence-electron chi connectivity index (χ4n) is 2.55. The van der Waals surface area contributed by atoms with Gasteiger partial charge in [-0.3, -0.25) is 4.79 Å². The fraction of sp³-hybridized carbons (Fsp3) is 0.600. The summed E-state index contributed by atoms with van der Waals surface area (Å²) >= 11 is 0. The second-order valence-electron chi connectivity index (χ2n) is 7.57. The van der Waals surface area contributed by atoms with E-state index in [4.69, 9.17) is 14.2 Å². The lowest BCUT2D eigenvalue weighted by atomic mass is 10.1. The van der Waals surface area contributed by atoms with Gasteiger partial charge in [0.05, 0.1) is 13.2 Å². The molecule has 0 saturated heterocycles. The SMILES string of the molecule is COCCCNC(=NCC(=O)NC(C)(C)C)Nc1ccc2c(c1)OCCCO2.I. The Kier molecular flexibility index (Phi) is 11.1. The number of hydrogen-bond donors (Lipinski definition) is 3. The van der Waals surface area contributed by atoms with Crippen molar-refractivity contribution < 1.29 is 19.0 Å². The molecule has 0 atom stereocenters. The highest BCUT2D eigenvalue weighted by molar-refractivity contribution is 14.0. The Hall–Kier alpha value is -1.75. The number of benzene rings is 1. The van der Waals surface area contributed by atoms with Crippen molar-refractivity contribution in [2.24, 2.45) is 4.99 Å². The van der Waals surface area contributed by atoms with E-state index in [2.05, 4.69) is 20.9 Å². The van der Waals surface area contributed by atoms with Crippen LogP contribution in [0, 0.1) is 0 Å². The molecule has 1 amide bonds. The summed E-state index contributed by atoms with van der Waals surface area (Å²) < 4.78 is 16.5. The molecule has 164 valence electrons. The van der Waals surface area contributed by atoms with Crippen LogP contribution in [0.2, 0.25) is 0 Å². The van der Waals surface area contributed by atoms with Crippen molar-refractivity contribution in [3.63, 3.8) is 0 Å². The van der Waals surface area contributed by atoms with Crippen LogP contribution >= 0.6 is 24.0 Å². The summed E-state index contributed by atoms with van der Waals surface area (Å²) in [7, 11) is 1.67. The molecular formula is C20H33IN4O4. The standard InChI is InChI=1S/C20H32N4O4.HI/c1-20(2,3)24-18(25)14-22-19(21-9-5-10-26-4)23-15-7-8-16-17(13-15)28-12-6-11-27-16;/h7-8,13H,5-6,9-12,14H2,1-4H3,(H,24,25)(H2,21,22,23);1H. The van der Waals surface area contributed by atoms with Crippen molar-refractivity contribution in [3.8, 4) is 11.5 Å². The topological polar surface area (TPSA) is 93.2 Å². The van der Waals surface area contributed by atoms with Gasteiger partial charge in [0.1, 0.15) is 6.54 Å². The van der Waals surface area contributed by atoms with E-state index in [1.807, 2.05) is 39.0 Å². The molecule has 9 heteroatoms. The third-order valence-electron chi connectivity index (χ3n) is 3.72. The average Bonchev–Trinajstić information content (AvgIpc) is 2.86.